The van der Waals surface area contributed by atoms with Crippen LogP contribution in [-0.2, 0) is 33.2 Å². The van der Waals surface area contributed by atoms with E-state index >= 15 is 0 Å². The predicted molar refractivity (Wildman–Crippen MR) is 319 cm³/mol. The van der Waals surface area contributed by atoms with Gasteiger partial charge in [-0.3, -0.25) is 4.79 Å². The van der Waals surface area contributed by atoms with Gasteiger partial charge in [-0.05, 0) is 51.4 Å². The molecule has 3 aliphatic rings. The summed E-state index contributed by atoms with van der Waals surface area (Å²) in [4.78, 5) is 13.4. The molecular formula is C64H115NO18. The molecule has 3 rings (SSSR count). The van der Waals surface area contributed by atoms with E-state index in [1.54, 1.807) is 0 Å². The number of amides is 1. The number of rotatable bonds is 48. The van der Waals surface area contributed by atoms with Gasteiger partial charge >= 0.3 is 0 Å². The smallest absolute Gasteiger partial charge is 0.220 e. The molecule has 0 bridgehead atoms. The van der Waals surface area contributed by atoms with Gasteiger partial charge in [-0.25, -0.2) is 0 Å². The van der Waals surface area contributed by atoms with Crippen molar-refractivity contribution in [3.63, 3.8) is 0 Å². The average Bonchev–Trinajstić information content (AvgIpc) is 3.34. The number of carbonyl (C=O) groups is 1. The summed E-state index contributed by atoms with van der Waals surface area (Å²) < 4.78 is 34.4. The summed E-state index contributed by atoms with van der Waals surface area (Å²) in [5.74, 6) is -0.252. The molecule has 0 aromatic rings. The Labute approximate surface area is 497 Å². The molecule has 0 radical (unpaired) electrons. The maximum absolute atomic E-state index is 13.4. The third-order valence-electron chi connectivity index (χ3n) is 16.2. The van der Waals surface area contributed by atoms with Crippen molar-refractivity contribution in [1.29, 1.82) is 0 Å². The van der Waals surface area contributed by atoms with E-state index in [1.807, 2.05) is 0 Å². The van der Waals surface area contributed by atoms with Crippen LogP contribution in [0.2, 0.25) is 0 Å². The SMILES string of the molecule is CC/C=C\C/C=C\C/C=C\C/C=C\CCCCCCCCCCC(=O)NC(COC1OC(CO)C(OC2OC(CO)C(OC3OC(CO)C(O)C(O)C3O)C(O)C2O)C(O)C1O)C(O)CCCCCCCCCCCCCCCCCCC. The van der Waals surface area contributed by atoms with Crippen molar-refractivity contribution in [3.8, 4) is 0 Å². The molecule has 0 aromatic heterocycles. The van der Waals surface area contributed by atoms with Gasteiger partial charge in [0.15, 0.2) is 18.9 Å². The van der Waals surface area contributed by atoms with Gasteiger partial charge in [0, 0.05) is 6.42 Å². The summed E-state index contributed by atoms with van der Waals surface area (Å²) in [5, 5.41) is 120. The number of carbonyl (C=O) groups excluding carboxylic acids is 1. The molecule has 3 saturated heterocycles. The lowest BCUT2D eigenvalue weighted by molar-refractivity contribution is -0.379. The monoisotopic (exact) mass is 1190 g/mol. The molecule has 0 spiro atoms. The molecule has 3 fully saturated rings. The van der Waals surface area contributed by atoms with Crippen LogP contribution in [0.15, 0.2) is 48.6 Å². The largest absolute Gasteiger partial charge is 0.394 e. The zero-order chi connectivity index (χ0) is 60.5. The van der Waals surface area contributed by atoms with Crippen LogP contribution in [0, 0.1) is 0 Å². The van der Waals surface area contributed by atoms with Crippen LogP contribution in [0.25, 0.3) is 0 Å². The fourth-order valence-corrected chi connectivity index (χ4v) is 10.9. The van der Waals surface area contributed by atoms with Gasteiger partial charge < -0.3 is 89.9 Å². The van der Waals surface area contributed by atoms with Gasteiger partial charge in [0.05, 0.1) is 38.6 Å². The highest BCUT2D eigenvalue weighted by atomic mass is 16.8. The molecule has 17 unspecified atom stereocenters. The van der Waals surface area contributed by atoms with Crippen LogP contribution in [-0.4, -0.2) is 193 Å². The summed E-state index contributed by atoms with van der Waals surface area (Å²) in [6.07, 6.45) is 26.1. The van der Waals surface area contributed by atoms with Crippen molar-refractivity contribution in [1.82, 2.24) is 5.32 Å². The molecular weight excluding hydrogens is 1070 g/mol. The number of unbranched alkanes of at least 4 members (excludes halogenated alkanes) is 24. The number of hydrogen-bond donors (Lipinski definition) is 12. The molecule has 3 heterocycles. The van der Waals surface area contributed by atoms with Crippen molar-refractivity contribution >= 4 is 5.91 Å². The summed E-state index contributed by atoms with van der Waals surface area (Å²) in [6.45, 7) is 1.68. The molecule has 0 aromatic carbocycles. The standard InChI is InChI=1S/C64H115NO18/c1-3-5-7-9-11-13-15-17-19-21-22-23-24-26-28-30-32-34-36-38-40-42-52(70)65-47(48(69)41-39-37-35-33-31-29-27-25-20-18-16-14-12-10-8-6-4-2)46-78-62-58(76)55(73)60(50(44-67)80-62)83-64-59(77)56(74)61(51(45-68)81-64)82-63-57(75)54(72)53(71)49(43-66)79-63/h5,7,11,13,17,19,22-23,47-51,53-64,66-69,71-77H,3-4,6,8-10,12,14-16,18,20-21,24-46H2,1-2H3,(H,65,70)/b7-5-,13-11-,19-17-,23-22-. The fourth-order valence-electron chi connectivity index (χ4n) is 10.9. The number of allylic oxidation sites excluding steroid dienone is 8. The Bertz CT molecular complexity index is 1700. The second-order valence-electron chi connectivity index (χ2n) is 23.2. The average molecular weight is 1190 g/mol. The molecule has 0 aliphatic carbocycles. The first kappa shape index (κ1) is 75.0. The van der Waals surface area contributed by atoms with Crippen LogP contribution >= 0.6 is 0 Å². The Hall–Kier alpha value is -2.25. The van der Waals surface area contributed by atoms with Crippen LogP contribution in [0.1, 0.15) is 219 Å². The third-order valence-corrected chi connectivity index (χ3v) is 16.2. The number of hydrogen-bond acceptors (Lipinski definition) is 18. The van der Waals surface area contributed by atoms with Gasteiger partial charge in [0.1, 0.15) is 73.2 Å². The summed E-state index contributed by atoms with van der Waals surface area (Å²) in [5.41, 5.74) is 0. The molecule has 19 heteroatoms. The first-order valence-corrected chi connectivity index (χ1v) is 32.4. The number of aliphatic hydroxyl groups is 11. The maximum Gasteiger partial charge on any atom is 0.220 e. The topological polar surface area (TPSA) is 307 Å². The normalized spacial score (nSPS) is 29.7. The van der Waals surface area contributed by atoms with E-state index < -0.39 is 124 Å². The van der Waals surface area contributed by atoms with Crippen molar-refractivity contribution in [2.75, 3.05) is 26.4 Å². The summed E-state index contributed by atoms with van der Waals surface area (Å²) >= 11 is 0. The Morgan fingerprint density at radius 1 is 0.446 bits per heavy atom. The quantitative estimate of drug-likeness (QED) is 0.0215. The number of nitrogens with one attached hydrogen (secondary N) is 1. The van der Waals surface area contributed by atoms with E-state index in [-0.39, 0.29) is 18.9 Å². The molecule has 17 atom stereocenters. The van der Waals surface area contributed by atoms with Crippen molar-refractivity contribution < 1.29 is 89.4 Å². The summed E-state index contributed by atoms with van der Waals surface area (Å²) in [7, 11) is 0. The molecule has 1 amide bonds. The first-order chi connectivity index (χ1) is 40.3. The van der Waals surface area contributed by atoms with Crippen LogP contribution in [0.3, 0.4) is 0 Å². The Balaban J connectivity index is 1.47. The molecule has 12 N–H and O–H groups in total. The van der Waals surface area contributed by atoms with Crippen molar-refractivity contribution in [2.45, 2.75) is 324 Å². The first-order valence-electron chi connectivity index (χ1n) is 32.4. The Morgan fingerprint density at radius 3 is 1.30 bits per heavy atom. The highest BCUT2D eigenvalue weighted by molar-refractivity contribution is 5.76. The predicted octanol–water partition coefficient (Wildman–Crippen LogP) is 7.04. The van der Waals surface area contributed by atoms with E-state index in [2.05, 4.69) is 67.8 Å². The van der Waals surface area contributed by atoms with E-state index in [0.29, 0.717) is 12.8 Å². The van der Waals surface area contributed by atoms with Crippen molar-refractivity contribution in [3.05, 3.63) is 48.6 Å². The number of ether oxygens (including phenoxy) is 6. The lowest BCUT2D eigenvalue weighted by Gasteiger charge is -2.48. The van der Waals surface area contributed by atoms with E-state index in [9.17, 15) is 61.0 Å². The van der Waals surface area contributed by atoms with Crippen LogP contribution in [0.4, 0.5) is 0 Å². The zero-order valence-electron chi connectivity index (χ0n) is 50.7. The molecule has 19 nitrogen and oxygen atoms in total. The highest BCUT2D eigenvalue weighted by Crippen LogP contribution is 2.33. The van der Waals surface area contributed by atoms with Gasteiger partial charge in [-0.2, -0.15) is 0 Å². The second kappa shape index (κ2) is 46.8. The van der Waals surface area contributed by atoms with Gasteiger partial charge in [-0.1, -0.05) is 210 Å². The molecule has 0 saturated carbocycles. The van der Waals surface area contributed by atoms with Gasteiger partial charge in [0.2, 0.25) is 5.91 Å². The van der Waals surface area contributed by atoms with E-state index in [1.165, 1.54) is 103 Å². The van der Waals surface area contributed by atoms with E-state index in [0.717, 1.165) is 83.5 Å². The van der Waals surface area contributed by atoms with Crippen LogP contribution in [0.5, 0.6) is 0 Å². The molecule has 484 valence electrons. The lowest BCUT2D eigenvalue weighted by atomic mass is 9.96. The van der Waals surface area contributed by atoms with Crippen LogP contribution < -0.4 is 5.32 Å². The lowest BCUT2D eigenvalue weighted by Crippen LogP contribution is -2.66. The highest BCUT2D eigenvalue weighted by Gasteiger charge is 2.53. The minimum Gasteiger partial charge on any atom is -0.394 e. The third kappa shape index (κ3) is 30.0. The summed E-state index contributed by atoms with van der Waals surface area (Å²) in [6, 6.07) is -0.893. The molecule has 83 heavy (non-hydrogen) atoms. The van der Waals surface area contributed by atoms with Crippen molar-refractivity contribution in [2.24, 2.45) is 0 Å². The second-order valence-corrected chi connectivity index (χ2v) is 23.2. The van der Waals surface area contributed by atoms with E-state index in [4.69, 9.17) is 28.4 Å². The Kier molecular flexibility index (Phi) is 42.3. The van der Waals surface area contributed by atoms with Gasteiger partial charge in [-0.15, -0.1) is 0 Å². The minimum absolute atomic E-state index is 0.252. The fraction of sp³-hybridized carbons (Fsp3) is 0.859. The van der Waals surface area contributed by atoms with Gasteiger partial charge in [0.25, 0.3) is 0 Å². The Morgan fingerprint density at radius 2 is 0.831 bits per heavy atom. The minimum atomic E-state index is -1.97. The molecule has 3 aliphatic heterocycles. The number of aliphatic hydroxyl groups excluding tert-OH is 11. The maximum atomic E-state index is 13.4. The zero-order valence-corrected chi connectivity index (χ0v) is 50.7.